The first-order valence-electron chi connectivity index (χ1n) is 6.68. The van der Waals surface area contributed by atoms with Crippen LogP contribution >= 0.6 is 11.6 Å². The summed E-state index contributed by atoms with van der Waals surface area (Å²) in [4.78, 5) is -0.140. The molecule has 0 radical (unpaired) electrons. The van der Waals surface area contributed by atoms with Gasteiger partial charge in [0.05, 0.1) is 9.92 Å². The maximum absolute atomic E-state index is 12.4. The summed E-state index contributed by atoms with van der Waals surface area (Å²) in [5, 5.41) is -0.213. The zero-order valence-electron chi connectivity index (χ0n) is 12.3. The second-order valence-electron chi connectivity index (χ2n) is 4.77. The number of nitrogens with two attached hydrogens (primary N) is 1. The molecule has 0 unspecified atom stereocenters. The van der Waals surface area contributed by atoms with Gasteiger partial charge in [-0.15, -0.1) is 0 Å². The Hall–Kier alpha value is -0.960. The number of sulfonamides is 1. The smallest absolute Gasteiger partial charge is 0.387 e. The van der Waals surface area contributed by atoms with Gasteiger partial charge in [-0.25, -0.2) is 13.1 Å². The molecule has 0 saturated carbocycles. The molecule has 0 aromatic heterocycles. The fraction of sp³-hybridized carbons (Fsp3) is 0.538. The number of nitrogens with one attached hydrogen (secondary N) is 1. The van der Waals surface area contributed by atoms with E-state index < -0.39 is 22.2 Å². The molecule has 1 aromatic carbocycles. The SMILES string of the molecule is CCC(CC)(CN)NS(=O)(=O)c1ccc(OC(F)F)c(Cl)c1. The molecular weight excluding hydrogens is 338 g/mol. The van der Waals surface area contributed by atoms with Crippen LogP contribution in [0.5, 0.6) is 5.75 Å². The molecule has 0 amide bonds. The highest BCUT2D eigenvalue weighted by Gasteiger charge is 2.31. The van der Waals surface area contributed by atoms with E-state index in [2.05, 4.69) is 9.46 Å². The van der Waals surface area contributed by atoms with E-state index in [0.29, 0.717) is 12.8 Å². The number of halogens is 3. The van der Waals surface area contributed by atoms with Gasteiger partial charge in [0.1, 0.15) is 5.75 Å². The Balaban J connectivity index is 3.11. The van der Waals surface area contributed by atoms with Gasteiger partial charge in [-0.2, -0.15) is 8.78 Å². The average molecular weight is 357 g/mol. The third-order valence-electron chi connectivity index (χ3n) is 3.52. The Morgan fingerprint density at radius 3 is 2.36 bits per heavy atom. The third-order valence-corrected chi connectivity index (χ3v) is 5.40. The minimum Gasteiger partial charge on any atom is -0.433 e. The first kappa shape index (κ1) is 19.1. The molecule has 3 N–H and O–H groups in total. The van der Waals surface area contributed by atoms with E-state index in [0.717, 1.165) is 18.2 Å². The minimum absolute atomic E-state index is 0.138. The van der Waals surface area contributed by atoms with Gasteiger partial charge in [0.2, 0.25) is 10.0 Å². The molecule has 1 aromatic rings. The number of ether oxygens (including phenoxy) is 1. The Morgan fingerprint density at radius 2 is 1.95 bits per heavy atom. The van der Waals surface area contributed by atoms with Crippen molar-refractivity contribution in [2.24, 2.45) is 5.73 Å². The molecule has 0 heterocycles. The Bertz CT molecular complexity index is 599. The summed E-state index contributed by atoms with van der Waals surface area (Å²) in [6.07, 6.45) is 1.03. The first-order chi connectivity index (χ1) is 10.2. The lowest BCUT2D eigenvalue weighted by Gasteiger charge is -2.31. The van der Waals surface area contributed by atoms with Gasteiger partial charge >= 0.3 is 6.61 Å². The molecule has 126 valence electrons. The predicted molar refractivity (Wildman–Crippen MR) is 80.8 cm³/mol. The highest BCUT2D eigenvalue weighted by molar-refractivity contribution is 7.89. The molecule has 0 saturated heterocycles. The monoisotopic (exact) mass is 356 g/mol. The summed E-state index contributed by atoms with van der Waals surface area (Å²) >= 11 is 5.78. The predicted octanol–water partition coefficient (Wildman–Crippen LogP) is 2.74. The average Bonchev–Trinajstić information content (AvgIpc) is 2.46. The molecule has 5 nitrogen and oxygen atoms in total. The maximum atomic E-state index is 12.4. The molecule has 0 aliphatic heterocycles. The van der Waals surface area contributed by atoms with Crippen molar-refractivity contribution >= 4 is 21.6 Å². The molecule has 9 heteroatoms. The van der Waals surface area contributed by atoms with Crippen LogP contribution in [-0.4, -0.2) is 27.1 Å². The van der Waals surface area contributed by atoms with Crippen molar-refractivity contribution in [3.63, 3.8) is 0 Å². The quantitative estimate of drug-likeness (QED) is 0.750. The highest BCUT2D eigenvalue weighted by Crippen LogP contribution is 2.29. The summed E-state index contributed by atoms with van der Waals surface area (Å²) < 4.78 is 55.9. The third kappa shape index (κ3) is 4.52. The van der Waals surface area contributed by atoms with Crippen LogP contribution in [0, 0.1) is 0 Å². The molecule has 0 aliphatic carbocycles. The number of benzene rings is 1. The lowest BCUT2D eigenvalue weighted by Crippen LogP contribution is -2.52. The van der Waals surface area contributed by atoms with Crippen molar-refractivity contribution in [3.05, 3.63) is 23.2 Å². The Labute approximate surface area is 133 Å². The molecule has 0 atom stereocenters. The lowest BCUT2D eigenvalue weighted by atomic mass is 9.95. The standard InChI is InChI=1S/C13H19ClF2N2O3S/c1-3-13(4-2,8-17)18-22(19,20)9-5-6-11(10(14)7-9)21-12(15)16/h5-7,12,18H,3-4,8,17H2,1-2H3. The van der Waals surface area contributed by atoms with Gasteiger partial charge in [0.15, 0.2) is 0 Å². The van der Waals surface area contributed by atoms with Gasteiger partial charge in [-0.1, -0.05) is 25.4 Å². The Morgan fingerprint density at radius 1 is 1.36 bits per heavy atom. The van der Waals surface area contributed by atoms with E-state index in [4.69, 9.17) is 17.3 Å². The zero-order chi connectivity index (χ0) is 17.0. The van der Waals surface area contributed by atoms with E-state index in [1.165, 1.54) is 0 Å². The molecule has 0 aliphatic rings. The van der Waals surface area contributed by atoms with E-state index >= 15 is 0 Å². The summed E-state index contributed by atoms with van der Waals surface area (Å²) in [6, 6.07) is 3.30. The van der Waals surface area contributed by atoms with Crippen molar-refractivity contribution in [1.82, 2.24) is 4.72 Å². The minimum atomic E-state index is -3.88. The highest BCUT2D eigenvalue weighted by atomic mass is 35.5. The van der Waals surface area contributed by atoms with Gasteiger partial charge in [0.25, 0.3) is 0 Å². The largest absolute Gasteiger partial charge is 0.433 e. The van der Waals surface area contributed by atoms with Crippen molar-refractivity contribution in [2.45, 2.75) is 43.7 Å². The van der Waals surface area contributed by atoms with Crippen LogP contribution in [0.15, 0.2) is 23.1 Å². The van der Waals surface area contributed by atoms with Crippen LogP contribution in [0.2, 0.25) is 5.02 Å². The number of alkyl halides is 2. The number of hydrogen-bond acceptors (Lipinski definition) is 4. The maximum Gasteiger partial charge on any atom is 0.387 e. The first-order valence-corrected chi connectivity index (χ1v) is 8.54. The van der Waals surface area contributed by atoms with Crippen LogP contribution in [0.1, 0.15) is 26.7 Å². The molecular formula is C13H19ClF2N2O3S. The molecule has 22 heavy (non-hydrogen) atoms. The van der Waals surface area contributed by atoms with E-state index in [9.17, 15) is 17.2 Å². The summed E-state index contributed by atoms with van der Waals surface area (Å²) in [6.45, 7) is 0.749. The van der Waals surface area contributed by atoms with Crippen LogP contribution in [0.25, 0.3) is 0 Å². The second-order valence-corrected chi connectivity index (χ2v) is 6.86. The van der Waals surface area contributed by atoms with Crippen LogP contribution in [-0.2, 0) is 10.0 Å². The van der Waals surface area contributed by atoms with Crippen molar-refractivity contribution < 1.29 is 21.9 Å². The number of hydrogen-bond donors (Lipinski definition) is 2. The topological polar surface area (TPSA) is 81.4 Å². The van der Waals surface area contributed by atoms with Crippen LogP contribution in [0.3, 0.4) is 0 Å². The zero-order valence-corrected chi connectivity index (χ0v) is 13.8. The van der Waals surface area contributed by atoms with E-state index in [1.807, 2.05) is 13.8 Å². The normalized spacial score (nSPS) is 12.7. The fourth-order valence-electron chi connectivity index (χ4n) is 1.91. The number of rotatable bonds is 8. The lowest BCUT2D eigenvalue weighted by molar-refractivity contribution is -0.0498. The van der Waals surface area contributed by atoms with Gasteiger partial charge < -0.3 is 10.5 Å². The van der Waals surface area contributed by atoms with Crippen LogP contribution in [0.4, 0.5) is 8.78 Å². The van der Waals surface area contributed by atoms with E-state index in [-0.39, 0.29) is 22.2 Å². The molecule has 0 fully saturated rings. The fourth-order valence-corrected chi connectivity index (χ4v) is 3.78. The van der Waals surface area contributed by atoms with Crippen molar-refractivity contribution in [3.8, 4) is 5.75 Å². The van der Waals surface area contributed by atoms with Gasteiger partial charge in [0, 0.05) is 12.1 Å². The van der Waals surface area contributed by atoms with E-state index in [1.54, 1.807) is 0 Å². The Kier molecular flexibility index (Phi) is 6.54. The summed E-state index contributed by atoms with van der Waals surface area (Å²) in [5.74, 6) is -0.285. The molecule has 0 bridgehead atoms. The van der Waals surface area contributed by atoms with Gasteiger partial charge in [-0.05, 0) is 31.0 Å². The van der Waals surface area contributed by atoms with Crippen molar-refractivity contribution in [2.75, 3.05) is 6.54 Å². The van der Waals surface area contributed by atoms with Crippen molar-refractivity contribution in [1.29, 1.82) is 0 Å². The second kappa shape index (κ2) is 7.54. The summed E-state index contributed by atoms with van der Waals surface area (Å²) in [5.41, 5.74) is 4.91. The molecule has 1 rings (SSSR count). The van der Waals surface area contributed by atoms with Gasteiger partial charge in [-0.3, -0.25) is 0 Å². The van der Waals surface area contributed by atoms with Crippen LogP contribution < -0.4 is 15.2 Å². The molecule has 0 spiro atoms. The summed E-state index contributed by atoms with van der Waals surface area (Å²) in [7, 11) is -3.88.